The zero-order valence-corrected chi connectivity index (χ0v) is 17.1. The molecule has 0 bridgehead atoms. The van der Waals surface area contributed by atoms with E-state index in [1.807, 2.05) is 13.8 Å². The summed E-state index contributed by atoms with van der Waals surface area (Å²) in [7, 11) is 2.19. The lowest BCUT2D eigenvalue weighted by Crippen LogP contribution is -2.43. The number of hydrogen-bond acceptors (Lipinski definition) is 2. The molecule has 142 valence electrons. The van der Waals surface area contributed by atoms with Crippen LogP contribution in [0.3, 0.4) is 0 Å². The van der Waals surface area contributed by atoms with Crippen molar-refractivity contribution in [1.29, 1.82) is 0 Å². The highest BCUT2D eigenvalue weighted by Gasteiger charge is 2.25. The number of nitrogens with one attached hydrogen (secondary N) is 1. The number of carbonyl (C=O) groups excluding carboxylic acids is 1. The third-order valence-electron chi connectivity index (χ3n) is 5.64. The van der Waals surface area contributed by atoms with E-state index in [4.69, 9.17) is 0 Å². The van der Waals surface area contributed by atoms with Crippen LogP contribution in [-0.2, 0) is 24.3 Å². The topological polar surface area (TPSA) is 37.3 Å². The van der Waals surface area contributed by atoms with Gasteiger partial charge in [-0.05, 0) is 44.0 Å². The number of benzene rings is 1. The Morgan fingerprint density at radius 3 is 2.62 bits per heavy atom. The van der Waals surface area contributed by atoms with E-state index >= 15 is 0 Å². The summed E-state index contributed by atoms with van der Waals surface area (Å²) >= 11 is 0. The number of rotatable bonds is 5. The molecule has 0 saturated heterocycles. The zero-order valence-electron chi connectivity index (χ0n) is 17.1. The van der Waals surface area contributed by atoms with Gasteiger partial charge >= 0.3 is 0 Å². The van der Waals surface area contributed by atoms with E-state index in [1.54, 1.807) is 0 Å². The second kappa shape index (κ2) is 7.43. The van der Waals surface area contributed by atoms with Crippen LogP contribution < -0.4 is 5.32 Å². The molecule has 2 aromatic rings. The lowest BCUT2D eigenvalue weighted by Gasteiger charge is -2.28. The van der Waals surface area contributed by atoms with Crippen LogP contribution in [0.4, 0.5) is 0 Å². The molecule has 1 N–H and O–H groups in total. The molecule has 1 aromatic carbocycles. The zero-order chi connectivity index (χ0) is 19.0. The fourth-order valence-electron chi connectivity index (χ4n) is 3.87. The Bertz CT molecular complexity index is 803. The fourth-order valence-corrected chi connectivity index (χ4v) is 3.87. The minimum absolute atomic E-state index is 0.0142. The van der Waals surface area contributed by atoms with Gasteiger partial charge in [-0.25, -0.2) is 0 Å². The van der Waals surface area contributed by atoms with Crippen molar-refractivity contribution in [3.8, 4) is 0 Å². The number of nitrogens with zero attached hydrogens (tertiary/aromatic N) is 2. The third-order valence-corrected chi connectivity index (χ3v) is 5.64. The van der Waals surface area contributed by atoms with Crippen LogP contribution in [0, 0.1) is 18.8 Å². The minimum atomic E-state index is 0.0142. The maximum absolute atomic E-state index is 12.3. The molecule has 1 unspecified atom stereocenters. The molecule has 1 aliphatic heterocycles. The van der Waals surface area contributed by atoms with E-state index < -0.39 is 0 Å². The SMILES string of the molecule is Cc1ccc2c(c1)c1c(n2CC(NC(=O)C(C)C)C(C)C)CN(C)CC1. The fraction of sp³-hybridized carbons (Fsp3) is 0.591. The van der Waals surface area contributed by atoms with Gasteiger partial charge in [-0.3, -0.25) is 4.79 Å². The average Bonchev–Trinajstić information content (AvgIpc) is 2.86. The van der Waals surface area contributed by atoms with Crippen LogP contribution in [0.1, 0.15) is 44.5 Å². The summed E-state index contributed by atoms with van der Waals surface area (Å²) in [6.45, 7) is 13.4. The Labute approximate surface area is 157 Å². The van der Waals surface area contributed by atoms with Crippen LogP contribution in [0.5, 0.6) is 0 Å². The van der Waals surface area contributed by atoms with Crippen molar-refractivity contribution in [3.05, 3.63) is 35.0 Å². The Morgan fingerprint density at radius 1 is 1.23 bits per heavy atom. The molecule has 0 fully saturated rings. The monoisotopic (exact) mass is 355 g/mol. The quantitative estimate of drug-likeness (QED) is 0.887. The molecule has 26 heavy (non-hydrogen) atoms. The summed E-state index contributed by atoms with van der Waals surface area (Å²) in [5.41, 5.74) is 5.54. The Balaban J connectivity index is 2.03. The molecular formula is C22H33N3O. The Morgan fingerprint density at radius 2 is 1.96 bits per heavy atom. The molecule has 2 heterocycles. The van der Waals surface area contributed by atoms with Gasteiger partial charge in [-0.2, -0.15) is 0 Å². The van der Waals surface area contributed by atoms with E-state index in [0.717, 1.165) is 26.1 Å². The Kier molecular flexibility index (Phi) is 5.42. The van der Waals surface area contributed by atoms with Crippen LogP contribution in [0.15, 0.2) is 18.2 Å². The lowest BCUT2D eigenvalue weighted by molar-refractivity contribution is -0.125. The van der Waals surface area contributed by atoms with E-state index in [2.05, 4.69) is 60.8 Å². The van der Waals surface area contributed by atoms with Crippen molar-refractivity contribution in [3.63, 3.8) is 0 Å². The number of hydrogen-bond donors (Lipinski definition) is 1. The summed E-state index contributed by atoms with van der Waals surface area (Å²) < 4.78 is 2.46. The van der Waals surface area contributed by atoms with Crippen molar-refractivity contribution >= 4 is 16.8 Å². The molecule has 0 aliphatic carbocycles. The molecule has 0 saturated carbocycles. The summed E-state index contributed by atoms with van der Waals surface area (Å²) in [5, 5.41) is 4.67. The predicted molar refractivity (Wildman–Crippen MR) is 108 cm³/mol. The molecule has 4 nitrogen and oxygen atoms in total. The van der Waals surface area contributed by atoms with Gasteiger partial charge in [0.2, 0.25) is 5.91 Å². The molecule has 1 amide bonds. The van der Waals surface area contributed by atoms with Gasteiger partial charge in [-0.15, -0.1) is 0 Å². The van der Waals surface area contributed by atoms with E-state index in [1.165, 1.54) is 27.7 Å². The number of fused-ring (bicyclic) bond motifs is 3. The highest BCUT2D eigenvalue weighted by atomic mass is 16.1. The highest BCUT2D eigenvalue weighted by molar-refractivity contribution is 5.86. The van der Waals surface area contributed by atoms with Gasteiger partial charge < -0.3 is 14.8 Å². The first-order chi connectivity index (χ1) is 12.3. The van der Waals surface area contributed by atoms with E-state index in [-0.39, 0.29) is 17.9 Å². The molecule has 0 spiro atoms. The number of amides is 1. The predicted octanol–water partition coefficient (Wildman–Crippen LogP) is 3.73. The highest BCUT2D eigenvalue weighted by Crippen LogP contribution is 2.32. The van der Waals surface area contributed by atoms with Crippen molar-refractivity contribution < 1.29 is 4.79 Å². The van der Waals surface area contributed by atoms with Crippen molar-refractivity contribution in [1.82, 2.24) is 14.8 Å². The van der Waals surface area contributed by atoms with Crippen molar-refractivity contribution in [2.45, 2.75) is 60.2 Å². The van der Waals surface area contributed by atoms with Gasteiger partial charge in [0.1, 0.15) is 0 Å². The molecular weight excluding hydrogens is 322 g/mol. The van der Waals surface area contributed by atoms with Crippen LogP contribution in [0.25, 0.3) is 10.9 Å². The Hall–Kier alpha value is -1.81. The first-order valence-electron chi connectivity index (χ1n) is 9.87. The first kappa shape index (κ1) is 19.0. The first-order valence-corrected chi connectivity index (χ1v) is 9.87. The second-order valence-electron chi connectivity index (χ2n) is 8.56. The van der Waals surface area contributed by atoms with Gasteiger partial charge in [0.15, 0.2) is 0 Å². The largest absolute Gasteiger partial charge is 0.351 e. The van der Waals surface area contributed by atoms with Crippen molar-refractivity contribution in [2.24, 2.45) is 11.8 Å². The maximum atomic E-state index is 12.3. The summed E-state index contributed by atoms with van der Waals surface area (Å²) in [6, 6.07) is 6.92. The molecule has 1 atom stereocenters. The summed E-state index contributed by atoms with van der Waals surface area (Å²) in [5.74, 6) is 0.542. The molecule has 3 rings (SSSR count). The minimum Gasteiger partial charge on any atom is -0.351 e. The number of carbonyl (C=O) groups is 1. The van der Waals surface area contributed by atoms with Gasteiger partial charge in [-0.1, -0.05) is 39.3 Å². The molecule has 1 aromatic heterocycles. The number of aryl methyl sites for hydroxylation is 1. The van der Waals surface area contributed by atoms with E-state index in [9.17, 15) is 4.79 Å². The number of aromatic nitrogens is 1. The summed E-state index contributed by atoms with van der Waals surface area (Å²) in [4.78, 5) is 14.7. The van der Waals surface area contributed by atoms with E-state index in [0.29, 0.717) is 5.92 Å². The molecule has 0 radical (unpaired) electrons. The third kappa shape index (κ3) is 3.66. The average molecular weight is 356 g/mol. The van der Waals surface area contributed by atoms with Crippen molar-refractivity contribution in [2.75, 3.05) is 13.6 Å². The lowest BCUT2D eigenvalue weighted by atomic mass is 10.0. The maximum Gasteiger partial charge on any atom is 0.222 e. The van der Waals surface area contributed by atoms with Crippen LogP contribution >= 0.6 is 0 Å². The van der Waals surface area contributed by atoms with Gasteiger partial charge in [0.05, 0.1) is 0 Å². The van der Waals surface area contributed by atoms with Gasteiger partial charge in [0, 0.05) is 48.2 Å². The molecule has 4 heteroatoms. The number of likely N-dealkylation sites (N-methyl/N-ethyl adjacent to an activating group) is 1. The standard InChI is InChI=1S/C22H33N3O/c1-14(2)19(23-22(26)15(3)4)12-25-20-8-7-16(5)11-18(20)17-9-10-24(6)13-21(17)25/h7-8,11,14-15,19H,9-10,12-13H2,1-6H3,(H,23,26). The second-order valence-corrected chi connectivity index (χ2v) is 8.56. The van der Waals surface area contributed by atoms with Crippen LogP contribution in [0.2, 0.25) is 0 Å². The summed E-state index contributed by atoms with van der Waals surface area (Å²) in [6.07, 6.45) is 1.10. The smallest absolute Gasteiger partial charge is 0.222 e. The molecule has 1 aliphatic rings. The van der Waals surface area contributed by atoms with Crippen LogP contribution in [-0.4, -0.2) is 35.0 Å². The van der Waals surface area contributed by atoms with Gasteiger partial charge in [0.25, 0.3) is 0 Å². The normalized spacial score (nSPS) is 16.3.